The minimum atomic E-state index is -1.20. The zero-order valence-electron chi connectivity index (χ0n) is 13.3. The molecular formula is C15H22N4O3. The predicted molar refractivity (Wildman–Crippen MR) is 80.3 cm³/mol. The van der Waals surface area contributed by atoms with Gasteiger partial charge in [0.2, 0.25) is 5.76 Å². The second-order valence-electron chi connectivity index (χ2n) is 5.78. The highest BCUT2D eigenvalue weighted by atomic mass is 16.5. The molecule has 0 radical (unpaired) electrons. The molecule has 0 aliphatic rings. The van der Waals surface area contributed by atoms with Gasteiger partial charge in [-0.25, -0.2) is 0 Å². The van der Waals surface area contributed by atoms with Crippen molar-refractivity contribution >= 4 is 5.91 Å². The lowest BCUT2D eigenvalue weighted by atomic mass is 10.00. The maximum atomic E-state index is 12.1. The third-order valence-corrected chi connectivity index (χ3v) is 3.79. The smallest absolute Gasteiger partial charge is 0.290 e. The first-order valence-corrected chi connectivity index (χ1v) is 7.29. The lowest BCUT2D eigenvalue weighted by Gasteiger charge is -2.21. The average Bonchev–Trinajstić information content (AvgIpc) is 3.13. The number of aliphatic hydroxyl groups is 1. The highest BCUT2D eigenvalue weighted by Crippen LogP contribution is 2.20. The first-order valence-electron chi connectivity index (χ1n) is 7.29. The SMILES string of the molecule is CCC(C)c1cc(C(=O)NCC(C)(O)c2cnn(C)c2)on1. The third kappa shape index (κ3) is 3.54. The monoisotopic (exact) mass is 306 g/mol. The van der Waals surface area contributed by atoms with Gasteiger partial charge >= 0.3 is 0 Å². The molecule has 120 valence electrons. The summed E-state index contributed by atoms with van der Waals surface area (Å²) >= 11 is 0. The van der Waals surface area contributed by atoms with Gasteiger partial charge in [-0.2, -0.15) is 5.10 Å². The second kappa shape index (κ2) is 6.31. The van der Waals surface area contributed by atoms with Gasteiger partial charge in [0.25, 0.3) is 5.91 Å². The minimum Gasteiger partial charge on any atom is -0.383 e. The van der Waals surface area contributed by atoms with Crippen LogP contribution in [-0.2, 0) is 12.6 Å². The van der Waals surface area contributed by atoms with Crippen LogP contribution in [0.25, 0.3) is 0 Å². The molecule has 0 saturated carbocycles. The quantitative estimate of drug-likeness (QED) is 0.844. The minimum absolute atomic E-state index is 0.0525. The summed E-state index contributed by atoms with van der Waals surface area (Å²) in [5.41, 5.74) is 0.184. The zero-order chi connectivity index (χ0) is 16.3. The number of carbonyl (C=O) groups is 1. The van der Waals surface area contributed by atoms with E-state index in [1.807, 2.05) is 13.8 Å². The zero-order valence-corrected chi connectivity index (χ0v) is 13.3. The Bertz CT molecular complexity index is 645. The van der Waals surface area contributed by atoms with Crippen molar-refractivity contribution in [2.45, 2.75) is 38.7 Å². The van der Waals surface area contributed by atoms with E-state index in [0.717, 1.165) is 12.1 Å². The van der Waals surface area contributed by atoms with Crippen LogP contribution >= 0.6 is 0 Å². The summed E-state index contributed by atoms with van der Waals surface area (Å²) in [4.78, 5) is 12.1. The molecule has 2 atom stereocenters. The molecule has 0 spiro atoms. The molecule has 0 aliphatic heterocycles. The standard InChI is InChI=1S/C15H22N4O3/c1-5-10(2)12-6-13(22-18-12)14(20)16-9-15(3,21)11-7-17-19(4)8-11/h6-8,10,21H,5,9H2,1-4H3,(H,16,20). The normalized spacial score (nSPS) is 15.3. The first kappa shape index (κ1) is 16.2. The van der Waals surface area contributed by atoms with E-state index in [9.17, 15) is 9.90 Å². The van der Waals surface area contributed by atoms with Gasteiger partial charge in [-0.1, -0.05) is 19.0 Å². The van der Waals surface area contributed by atoms with Crippen LogP contribution in [0.2, 0.25) is 0 Å². The molecule has 7 nitrogen and oxygen atoms in total. The third-order valence-electron chi connectivity index (χ3n) is 3.79. The molecule has 2 unspecified atom stereocenters. The highest BCUT2D eigenvalue weighted by Gasteiger charge is 2.26. The van der Waals surface area contributed by atoms with E-state index >= 15 is 0 Å². The lowest BCUT2D eigenvalue weighted by Crippen LogP contribution is -2.38. The van der Waals surface area contributed by atoms with E-state index < -0.39 is 11.5 Å². The summed E-state index contributed by atoms with van der Waals surface area (Å²) < 4.78 is 6.66. The molecule has 22 heavy (non-hydrogen) atoms. The van der Waals surface area contributed by atoms with Crippen LogP contribution in [0.3, 0.4) is 0 Å². The summed E-state index contributed by atoms with van der Waals surface area (Å²) in [7, 11) is 1.77. The molecule has 0 saturated heterocycles. The topological polar surface area (TPSA) is 93.2 Å². The number of hydrogen-bond acceptors (Lipinski definition) is 5. The lowest BCUT2D eigenvalue weighted by molar-refractivity contribution is 0.0516. The number of carbonyl (C=O) groups excluding carboxylic acids is 1. The number of hydrogen-bond donors (Lipinski definition) is 2. The highest BCUT2D eigenvalue weighted by molar-refractivity contribution is 5.91. The number of amides is 1. The number of nitrogens with zero attached hydrogens (tertiary/aromatic N) is 3. The molecule has 7 heteroatoms. The van der Waals surface area contributed by atoms with Crippen molar-refractivity contribution in [3.8, 4) is 0 Å². The van der Waals surface area contributed by atoms with Crippen LogP contribution < -0.4 is 5.32 Å². The second-order valence-corrected chi connectivity index (χ2v) is 5.78. The molecule has 2 N–H and O–H groups in total. The molecule has 2 aromatic rings. The van der Waals surface area contributed by atoms with Crippen molar-refractivity contribution in [3.63, 3.8) is 0 Å². The van der Waals surface area contributed by atoms with Crippen LogP contribution in [0.4, 0.5) is 0 Å². The van der Waals surface area contributed by atoms with Crippen molar-refractivity contribution in [3.05, 3.63) is 35.5 Å². The van der Waals surface area contributed by atoms with Gasteiger partial charge in [-0.15, -0.1) is 0 Å². The molecule has 2 rings (SSSR count). The molecule has 2 heterocycles. The van der Waals surface area contributed by atoms with E-state index in [2.05, 4.69) is 15.6 Å². The Hall–Kier alpha value is -2.15. The Labute approximate surface area is 129 Å². The van der Waals surface area contributed by atoms with Crippen LogP contribution in [0, 0.1) is 0 Å². The summed E-state index contributed by atoms with van der Waals surface area (Å²) in [5, 5.41) is 21.0. The van der Waals surface area contributed by atoms with Crippen LogP contribution in [-0.4, -0.2) is 32.5 Å². The van der Waals surface area contributed by atoms with Gasteiger partial charge in [0.1, 0.15) is 5.60 Å². The van der Waals surface area contributed by atoms with E-state index in [4.69, 9.17) is 4.52 Å². The van der Waals surface area contributed by atoms with E-state index in [0.29, 0.717) is 5.56 Å². The van der Waals surface area contributed by atoms with Gasteiger partial charge < -0.3 is 14.9 Å². The Morgan fingerprint density at radius 2 is 2.32 bits per heavy atom. The fraction of sp³-hybridized carbons (Fsp3) is 0.533. The maximum absolute atomic E-state index is 12.1. The van der Waals surface area contributed by atoms with Gasteiger partial charge in [0.15, 0.2) is 0 Å². The summed E-state index contributed by atoms with van der Waals surface area (Å²) in [6.07, 6.45) is 4.20. The molecular weight excluding hydrogens is 284 g/mol. The Morgan fingerprint density at radius 3 is 2.91 bits per heavy atom. The predicted octanol–water partition coefficient (Wildman–Crippen LogP) is 1.56. The Balaban J connectivity index is 1.99. The van der Waals surface area contributed by atoms with Gasteiger partial charge in [0.05, 0.1) is 18.4 Å². The van der Waals surface area contributed by atoms with Crippen LogP contribution in [0.15, 0.2) is 23.0 Å². The van der Waals surface area contributed by atoms with Crippen molar-refractivity contribution < 1.29 is 14.4 Å². The fourth-order valence-corrected chi connectivity index (χ4v) is 1.98. The fourth-order valence-electron chi connectivity index (χ4n) is 1.98. The van der Waals surface area contributed by atoms with Crippen molar-refractivity contribution in [1.82, 2.24) is 20.3 Å². The number of nitrogens with one attached hydrogen (secondary N) is 1. The van der Waals surface area contributed by atoms with E-state index in [-0.39, 0.29) is 18.2 Å². The van der Waals surface area contributed by atoms with Crippen LogP contribution in [0.5, 0.6) is 0 Å². The van der Waals surface area contributed by atoms with Gasteiger partial charge in [-0.3, -0.25) is 9.48 Å². The molecule has 0 aliphatic carbocycles. The largest absolute Gasteiger partial charge is 0.383 e. The Kier molecular flexibility index (Phi) is 4.65. The van der Waals surface area contributed by atoms with Crippen molar-refractivity contribution in [1.29, 1.82) is 0 Å². The molecule has 1 amide bonds. The van der Waals surface area contributed by atoms with E-state index in [1.165, 1.54) is 0 Å². The van der Waals surface area contributed by atoms with Crippen molar-refractivity contribution in [2.75, 3.05) is 6.54 Å². The summed E-state index contributed by atoms with van der Waals surface area (Å²) in [6, 6.07) is 1.64. The molecule has 0 fully saturated rings. The molecule has 0 bridgehead atoms. The first-order chi connectivity index (χ1) is 10.3. The number of rotatable bonds is 6. The van der Waals surface area contributed by atoms with Gasteiger partial charge in [-0.05, 0) is 13.3 Å². The Morgan fingerprint density at radius 1 is 1.59 bits per heavy atom. The van der Waals surface area contributed by atoms with Crippen LogP contribution in [0.1, 0.15) is 54.9 Å². The number of aryl methyl sites for hydroxylation is 1. The average molecular weight is 306 g/mol. The molecule has 0 aromatic carbocycles. The summed E-state index contributed by atoms with van der Waals surface area (Å²) in [6.45, 7) is 5.74. The number of aromatic nitrogens is 3. The summed E-state index contributed by atoms with van der Waals surface area (Å²) in [5.74, 6) is -0.00712. The van der Waals surface area contributed by atoms with Gasteiger partial charge in [0, 0.05) is 30.8 Å². The maximum Gasteiger partial charge on any atom is 0.290 e. The molecule has 2 aromatic heterocycles. The van der Waals surface area contributed by atoms with E-state index in [1.54, 1.807) is 37.1 Å². The van der Waals surface area contributed by atoms with Crippen molar-refractivity contribution in [2.24, 2.45) is 7.05 Å².